The molecule has 1 N–H and O–H groups in total. The number of carbonyl (C=O) groups excluding carboxylic acids is 1. The maximum Gasteiger partial charge on any atom is 0.233 e. The van der Waals surface area contributed by atoms with Crippen LogP contribution in [0.3, 0.4) is 0 Å². The van der Waals surface area contributed by atoms with Gasteiger partial charge in [0.15, 0.2) is 15.0 Å². The Morgan fingerprint density at radius 2 is 2.32 bits per heavy atom. The van der Waals surface area contributed by atoms with E-state index in [1.54, 1.807) is 13.0 Å². The number of sulfone groups is 1. The van der Waals surface area contributed by atoms with E-state index in [2.05, 4.69) is 22.1 Å². The number of aromatic nitrogens is 3. The molecule has 0 radical (unpaired) electrons. The topological polar surface area (TPSA) is 93.9 Å². The van der Waals surface area contributed by atoms with Crippen LogP contribution in [0.4, 0.5) is 0 Å². The summed E-state index contributed by atoms with van der Waals surface area (Å²) >= 11 is 1.30. The maximum atomic E-state index is 12.2. The third-order valence-electron chi connectivity index (χ3n) is 3.44. The monoisotopic (exact) mass is 344 g/mol. The summed E-state index contributed by atoms with van der Waals surface area (Å²) in [6.07, 6.45) is 2.23. The lowest BCUT2D eigenvalue weighted by atomic mass is 10.2. The van der Waals surface area contributed by atoms with Gasteiger partial charge in [0.25, 0.3) is 0 Å². The largest absolute Gasteiger partial charge is 0.351 e. The van der Waals surface area contributed by atoms with Crippen molar-refractivity contribution in [3.8, 4) is 0 Å². The van der Waals surface area contributed by atoms with Crippen LogP contribution in [-0.4, -0.2) is 51.9 Å². The Kier molecular flexibility index (Phi) is 5.28. The molecule has 1 aromatic rings. The van der Waals surface area contributed by atoms with Gasteiger partial charge >= 0.3 is 0 Å². The molecule has 122 valence electrons. The minimum Gasteiger partial charge on any atom is -0.351 e. The van der Waals surface area contributed by atoms with Gasteiger partial charge in [0.2, 0.25) is 5.91 Å². The van der Waals surface area contributed by atoms with E-state index in [1.165, 1.54) is 11.8 Å². The second-order valence-electron chi connectivity index (χ2n) is 5.30. The zero-order valence-corrected chi connectivity index (χ0v) is 14.3. The second-order valence-corrected chi connectivity index (χ2v) is 8.83. The van der Waals surface area contributed by atoms with Crippen molar-refractivity contribution in [2.24, 2.45) is 0 Å². The molecule has 22 heavy (non-hydrogen) atoms. The molecule has 7 nitrogen and oxygen atoms in total. The van der Waals surface area contributed by atoms with E-state index < -0.39 is 9.84 Å². The Hall–Kier alpha value is -1.35. The van der Waals surface area contributed by atoms with Crippen LogP contribution < -0.4 is 5.32 Å². The van der Waals surface area contributed by atoms with Gasteiger partial charge in [-0.05, 0) is 20.3 Å². The van der Waals surface area contributed by atoms with E-state index in [-0.39, 0.29) is 28.7 Å². The van der Waals surface area contributed by atoms with Crippen molar-refractivity contribution >= 4 is 27.5 Å². The molecule has 0 bridgehead atoms. The molecule has 0 aromatic carbocycles. The van der Waals surface area contributed by atoms with E-state index in [0.717, 1.165) is 5.82 Å². The van der Waals surface area contributed by atoms with Crippen LogP contribution in [0.5, 0.6) is 0 Å². The lowest BCUT2D eigenvalue weighted by molar-refractivity contribution is -0.120. The molecule has 9 heteroatoms. The van der Waals surface area contributed by atoms with Crippen LogP contribution in [0, 0.1) is 6.92 Å². The second kappa shape index (κ2) is 6.82. The van der Waals surface area contributed by atoms with Crippen LogP contribution in [0.25, 0.3) is 0 Å². The Labute approximate surface area is 134 Å². The first-order valence-corrected chi connectivity index (χ1v) is 9.70. The molecule has 0 saturated carbocycles. The quantitative estimate of drug-likeness (QED) is 0.598. The molecule has 0 aliphatic carbocycles. The number of thioether (sulfide) groups is 1. The van der Waals surface area contributed by atoms with Gasteiger partial charge in [-0.1, -0.05) is 17.8 Å². The molecule has 0 unspecified atom stereocenters. The predicted molar refractivity (Wildman–Crippen MR) is 85.5 cm³/mol. The van der Waals surface area contributed by atoms with E-state index in [0.29, 0.717) is 18.1 Å². The number of amides is 1. The molecule has 2 atom stereocenters. The van der Waals surface area contributed by atoms with Crippen LogP contribution in [0.2, 0.25) is 0 Å². The SMILES string of the molecule is C=CCn1c(C)nnc1S[C@H](C)C(=O)N[C@H]1CCS(=O)(=O)C1. The number of hydrogen-bond acceptors (Lipinski definition) is 6. The summed E-state index contributed by atoms with van der Waals surface area (Å²) in [5.74, 6) is 0.753. The molecule has 0 spiro atoms. The van der Waals surface area contributed by atoms with Gasteiger partial charge in [0.1, 0.15) is 5.82 Å². The highest BCUT2D eigenvalue weighted by Gasteiger charge is 2.30. The number of nitrogens with zero attached hydrogens (tertiary/aromatic N) is 3. The standard InChI is InChI=1S/C13H20N4O3S2/c1-4-6-17-10(3)15-16-13(17)21-9(2)12(18)14-11-5-7-22(19,20)8-11/h4,9,11H,1,5-8H2,2-3H3,(H,14,18)/t9-,11+/m1/s1. The summed E-state index contributed by atoms with van der Waals surface area (Å²) < 4.78 is 24.7. The Morgan fingerprint density at radius 1 is 1.59 bits per heavy atom. The molecule has 1 fully saturated rings. The minimum atomic E-state index is -3.00. The molecule has 1 aromatic heterocycles. The molecular weight excluding hydrogens is 324 g/mol. The van der Waals surface area contributed by atoms with Crippen molar-refractivity contribution in [1.82, 2.24) is 20.1 Å². The van der Waals surface area contributed by atoms with Gasteiger partial charge in [-0.25, -0.2) is 8.42 Å². The van der Waals surface area contributed by atoms with Crippen molar-refractivity contribution in [3.05, 3.63) is 18.5 Å². The number of allylic oxidation sites excluding steroid dienone is 1. The van der Waals surface area contributed by atoms with E-state index in [1.807, 2.05) is 11.5 Å². The van der Waals surface area contributed by atoms with Gasteiger partial charge in [-0.2, -0.15) is 0 Å². The zero-order chi connectivity index (χ0) is 16.3. The van der Waals surface area contributed by atoms with E-state index in [9.17, 15) is 13.2 Å². The maximum absolute atomic E-state index is 12.2. The van der Waals surface area contributed by atoms with Gasteiger partial charge in [-0.3, -0.25) is 4.79 Å². The lowest BCUT2D eigenvalue weighted by Gasteiger charge is -2.15. The molecule has 1 saturated heterocycles. The molecule has 2 heterocycles. The summed E-state index contributed by atoms with van der Waals surface area (Å²) in [5, 5.41) is 11.1. The number of nitrogens with one attached hydrogen (secondary N) is 1. The Bertz CT molecular complexity index is 669. The average Bonchev–Trinajstić information content (AvgIpc) is 2.95. The number of aryl methyl sites for hydroxylation is 1. The average molecular weight is 344 g/mol. The fraction of sp³-hybridized carbons (Fsp3) is 0.615. The van der Waals surface area contributed by atoms with Crippen molar-refractivity contribution in [2.45, 2.75) is 43.3 Å². The van der Waals surface area contributed by atoms with Crippen molar-refractivity contribution < 1.29 is 13.2 Å². The van der Waals surface area contributed by atoms with E-state index >= 15 is 0 Å². The van der Waals surface area contributed by atoms with Crippen molar-refractivity contribution in [3.63, 3.8) is 0 Å². The van der Waals surface area contributed by atoms with Crippen LogP contribution in [-0.2, 0) is 21.2 Å². The summed E-state index contributed by atoms with van der Waals surface area (Å²) in [6, 6.07) is -0.284. The normalized spacial score (nSPS) is 21.5. The summed E-state index contributed by atoms with van der Waals surface area (Å²) in [7, 11) is -3.00. The first kappa shape index (κ1) is 17.0. The molecule has 1 aliphatic heterocycles. The third-order valence-corrected chi connectivity index (χ3v) is 6.29. The number of rotatable bonds is 6. The van der Waals surface area contributed by atoms with Crippen molar-refractivity contribution in [2.75, 3.05) is 11.5 Å². The molecular formula is C13H20N4O3S2. The summed E-state index contributed by atoms with van der Waals surface area (Å²) in [5.41, 5.74) is 0. The predicted octanol–water partition coefficient (Wildman–Crippen LogP) is 0.556. The molecule has 1 aliphatic rings. The highest BCUT2D eigenvalue weighted by atomic mass is 32.2. The molecule has 2 rings (SSSR count). The number of carbonyl (C=O) groups is 1. The van der Waals surface area contributed by atoms with E-state index in [4.69, 9.17) is 0 Å². The van der Waals surface area contributed by atoms with Gasteiger partial charge in [0.05, 0.1) is 16.8 Å². The van der Waals surface area contributed by atoms with Gasteiger partial charge in [-0.15, -0.1) is 16.8 Å². The minimum absolute atomic E-state index is 0.0296. The Balaban J connectivity index is 1.96. The molecule has 1 amide bonds. The smallest absolute Gasteiger partial charge is 0.233 e. The summed E-state index contributed by atoms with van der Waals surface area (Å²) in [6.45, 7) is 7.88. The first-order chi connectivity index (χ1) is 10.3. The van der Waals surface area contributed by atoms with Crippen LogP contribution >= 0.6 is 11.8 Å². The lowest BCUT2D eigenvalue weighted by Crippen LogP contribution is -2.40. The van der Waals surface area contributed by atoms with Crippen LogP contribution in [0.1, 0.15) is 19.2 Å². The fourth-order valence-corrected chi connectivity index (χ4v) is 4.81. The zero-order valence-electron chi connectivity index (χ0n) is 12.7. The van der Waals surface area contributed by atoms with Crippen LogP contribution in [0.15, 0.2) is 17.8 Å². The van der Waals surface area contributed by atoms with Crippen molar-refractivity contribution in [1.29, 1.82) is 0 Å². The first-order valence-electron chi connectivity index (χ1n) is 7.00. The van der Waals surface area contributed by atoms with Gasteiger partial charge in [0, 0.05) is 12.6 Å². The highest BCUT2D eigenvalue weighted by molar-refractivity contribution is 8.00. The number of hydrogen-bond donors (Lipinski definition) is 1. The Morgan fingerprint density at radius 3 is 2.91 bits per heavy atom. The van der Waals surface area contributed by atoms with Gasteiger partial charge < -0.3 is 9.88 Å². The summed E-state index contributed by atoms with van der Waals surface area (Å²) in [4.78, 5) is 12.2. The fourth-order valence-electron chi connectivity index (χ4n) is 2.23. The third kappa shape index (κ3) is 4.10. The highest BCUT2D eigenvalue weighted by Crippen LogP contribution is 2.23.